The molecule has 0 fully saturated rings. The summed E-state index contributed by atoms with van der Waals surface area (Å²) in [6.45, 7) is 12.1. The number of rotatable bonds is 2. The van der Waals surface area contributed by atoms with E-state index in [1.54, 1.807) is 12.1 Å². The van der Waals surface area contributed by atoms with E-state index in [0.717, 1.165) is 11.1 Å². The average Bonchev–Trinajstić information content (AvgIpc) is 2.25. The van der Waals surface area contributed by atoms with Crippen molar-refractivity contribution in [1.29, 1.82) is 0 Å². The number of hydrogen-bond acceptors (Lipinski definition) is 3. The van der Waals surface area contributed by atoms with Crippen LogP contribution in [0.3, 0.4) is 0 Å². The number of nitrogens with two attached hydrogens (primary N) is 1. The first-order valence-corrected chi connectivity index (χ1v) is 6.59. The molecule has 3 heteroatoms. The van der Waals surface area contributed by atoms with Gasteiger partial charge in [0.05, 0.1) is 6.54 Å². The van der Waals surface area contributed by atoms with Gasteiger partial charge in [-0.3, -0.25) is 4.79 Å². The number of phenolic OH excluding ortho intramolecular Hbond substituents is 1. The van der Waals surface area contributed by atoms with Crippen molar-refractivity contribution in [3.63, 3.8) is 0 Å². The van der Waals surface area contributed by atoms with Crippen molar-refractivity contribution in [2.24, 2.45) is 5.73 Å². The number of ketones is 1. The lowest BCUT2D eigenvalue weighted by atomic mass is 9.78. The molecule has 0 aromatic heterocycles. The summed E-state index contributed by atoms with van der Waals surface area (Å²) in [6, 6.07) is 3.53. The van der Waals surface area contributed by atoms with Gasteiger partial charge in [-0.2, -0.15) is 0 Å². The van der Waals surface area contributed by atoms with Crippen molar-refractivity contribution in [2.75, 3.05) is 6.54 Å². The summed E-state index contributed by atoms with van der Waals surface area (Å²) < 4.78 is 0. The van der Waals surface area contributed by atoms with Crippen LogP contribution in [0.15, 0.2) is 12.1 Å². The van der Waals surface area contributed by atoms with Crippen molar-refractivity contribution in [2.45, 2.75) is 52.4 Å². The molecule has 1 aromatic rings. The number of hydrogen-bond donors (Lipinski definition) is 2. The highest BCUT2D eigenvalue weighted by Crippen LogP contribution is 2.39. The molecule has 0 aliphatic rings. The number of Topliss-reactive ketones (excluding diaryl/α,β-unsaturated/α-hetero) is 1. The molecule has 0 saturated heterocycles. The highest BCUT2D eigenvalue weighted by molar-refractivity contribution is 5.98. The largest absolute Gasteiger partial charge is 0.507 e. The molecule has 0 spiro atoms. The van der Waals surface area contributed by atoms with E-state index in [1.807, 2.05) is 41.5 Å². The molecular formula is C16H25NO2. The van der Waals surface area contributed by atoms with E-state index in [-0.39, 0.29) is 28.9 Å². The summed E-state index contributed by atoms with van der Waals surface area (Å²) in [5.41, 5.74) is 7.15. The molecule has 0 radical (unpaired) electrons. The molecule has 1 aromatic carbocycles. The van der Waals surface area contributed by atoms with Crippen LogP contribution in [0, 0.1) is 0 Å². The molecule has 0 saturated carbocycles. The van der Waals surface area contributed by atoms with E-state index in [2.05, 4.69) is 0 Å². The second-order valence-electron chi connectivity index (χ2n) is 7.05. The molecule has 0 heterocycles. The minimum Gasteiger partial charge on any atom is -0.507 e. The molecular weight excluding hydrogens is 238 g/mol. The standard InChI is InChI=1S/C16H25NO2/c1-15(2,3)11-7-10(13(18)9-17)8-12(14(11)19)16(4,5)6/h7-8,19H,9,17H2,1-6H3. The maximum absolute atomic E-state index is 11.9. The van der Waals surface area contributed by atoms with Gasteiger partial charge >= 0.3 is 0 Å². The SMILES string of the molecule is CC(C)(C)c1cc(C(=O)CN)cc(C(C)(C)C)c1O. The van der Waals surface area contributed by atoms with Crippen LogP contribution < -0.4 is 5.73 Å². The number of carbonyl (C=O) groups excluding carboxylic acids is 1. The van der Waals surface area contributed by atoms with E-state index < -0.39 is 0 Å². The van der Waals surface area contributed by atoms with E-state index >= 15 is 0 Å². The van der Waals surface area contributed by atoms with Crippen LogP contribution in [0.25, 0.3) is 0 Å². The Hall–Kier alpha value is -1.35. The molecule has 1 rings (SSSR count). The summed E-state index contributed by atoms with van der Waals surface area (Å²) in [4.78, 5) is 11.9. The van der Waals surface area contributed by atoms with Crippen molar-refractivity contribution in [3.05, 3.63) is 28.8 Å². The van der Waals surface area contributed by atoms with Crippen molar-refractivity contribution < 1.29 is 9.90 Å². The maximum atomic E-state index is 11.9. The minimum absolute atomic E-state index is 0.0159. The molecule has 0 aliphatic carbocycles. The fourth-order valence-electron chi connectivity index (χ4n) is 2.06. The zero-order chi connectivity index (χ0) is 15.0. The molecule has 0 atom stereocenters. The van der Waals surface area contributed by atoms with Gasteiger partial charge in [-0.05, 0) is 23.0 Å². The van der Waals surface area contributed by atoms with E-state index in [9.17, 15) is 9.90 Å². The monoisotopic (exact) mass is 263 g/mol. The normalized spacial score (nSPS) is 12.6. The number of phenols is 1. The Balaban J connectivity index is 3.62. The molecule has 0 aliphatic heterocycles. The van der Waals surface area contributed by atoms with Gasteiger partial charge in [0, 0.05) is 16.7 Å². The zero-order valence-corrected chi connectivity index (χ0v) is 12.8. The summed E-state index contributed by atoms with van der Waals surface area (Å²) in [6.07, 6.45) is 0. The first-order valence-electron chi connectivity index (χ1n) is 6.59. The topological polar surface area (TPSA) is 63.3 Å². The highest BCUT2D eigenvalue weighted by atomic mass is 16.3. The Morgan fingerprint density at radius 1 is 1.05 bits per heavy atom. The van der Waals surface area contributed by atoms with Gasteiger partial charge < -0.3 is 10.8 Å². The fraction of sp³-hybridized carbons (Fsp3) is 0.562. The second-order valence-corrected chi connectivity index (χ2v) is 7.05. The van der Waals surface area contributed by atoms with Crippen molar-refractivity contribution in [3.8, 4) is 5.75 Å². The van der Waals surface area contributed by atoms with Crippen LogP contribution in [0.1, 0.15) is 63.0 Å². The lowest BCUT2D eigenvalue weighted by Gasteiger charge is -2.28. The van der Waals surface area contributed by atoms with Gasteiger partial charge in [-0.15, -0.1) is 0 Å². The third-order valence-corrected chi connectivity index (χ3v) is 3.23. The van der Waals surface area contributed by atoms with Crippen LogP contribution in [0.5, 0.6) is 5.75 Å². The van der Waals surface area contributed by atoms with Crippen molar-refractivity contribution in [1.82, 2.24) is 0 Å². The molecule has 0 unspecified atom stereocenters. The van der Waals surface area contributed by atoms with Gasteiger partial charge in [0.15, 0.2) is 5.78 Å². The Labute approximate surface area is 115 Å². The molecule has 3 nitrogen and oxygen atoms in total. The molecule has 3 N–H and O–H groups in total. The summed E-state index contributed by atoms with van der Waals surface area (Å²) >= 11 is 0. The summed E-state index contributed by atoms with van der Waals surface area (Å²) in [7, 11) is 0. The molecule has 0 amide bonds. The van der Waals surface area contributed by atoms with E-state index in [4.69, 9.17) is 5.73 Å². The van der Waals surface area contributed by atoms with Crippen molar-refractivity contribution >= 4 is 5.78 Å². The number of aromatic hydroxyl groups is 1. The highest BCUT2D eigenvalue weighted by Gasteiger charge is 2.27. The third kappa shape index (κ3) is 3.35. The molecule has 0 bridgehead atoms. The first kappa shape index (κ1) is 15.7. The smallest absolute Gasteiger partial charge is 0.176 e. The van der Waals surface area contributed by atoms with Crippen LogP contribution in [0.4, 0.5) is 0 Å². The van der Waals surface area contributed by atoms with Crippen LogP contribution >= 0.6 is 0 Å². The van der Waals surface area contributed by atoms with Crippen LogP contribution in [-0.2, 0) is 10.8 Å². The second kappa shape index (κ2) is 4.97. The lowest BCUT2D eigenvalue weighted by Crippen LogP contribution is -2.21. The van der Waals surface area contributed by atoms with Gasteiger partial charge in [-0.25, -0.2) is 0 Å². The van der Waals surface area contributed by atoms with Gasteiger partial charge in [-0.1, -0.05) is 41.5 Å². The lowest BCUT2D eigenvalue weighted by molar-refractivity contribution is 0.100. The van der Waals surface area contributed by atoms with Crippen LogP contribution in [0.2, 0.25) is 0 Å². The predicted octanol–water partition coefficient (Wildman–Crippen LogP) is 3.13. The quantitative estimate of drug-likeness (QED) is 0.806. The third-order valence-electron chi connectivity index (χ3n) is 3.23. The molecule has 106 valence electrons. The average molecular weight is 263 g/mol. The first-order chi connectivity index (χ1) is 8.48. The fourth-order valence-corrected chi connectivity index (χ4v) is 2.06. The maximum Gasteiger partial charge on any atom is 0.176 e. The van der Waals surface area contributed by atoms with E-state index in [1.165, 1.54) is 0 Å². The summed E-state index contributed by atoms with van der Waals surface area (Å²) in [5.74, 6) is 0.185. The zero-order valence-electron chi connectivity index (χ0n) is 12.8. The minimum atomic E-state index is -0.227. The Bertz CT molecular complexity index is 455. The summed E-state index contributed by atoms with van der Waals surface area (Å²) in [5, 5.41) is 10.5. The number of benzene rings is 1. The van der Waals surface area contributed by atoms with Gasteiger partial charge in [0.25, 0.3) is 0 Å². The van der Waals surface area contributed by atoms with Gasteiger partial charge in [0.2, 0.25) is 0 Å². The Morgan fingerprint density at radius 3 is 1.68 bits per heavy atom. The Kier molecular flexibility index (Phi) is 4.11. The molecule has 19 heavy (non-hydrogen) atoms. The number of carbonyl (C=O) groups is 1. The van der Waals surface area contributed by atoms with Crippen LogP contribution in [-0.4, -0.2) is 17.4 Å². The van der Waals surface area contributed by atoms with E-state index in [0.29, 0.717) is 5.56 Å². The predicted molar refractivity (Wildman–Crippen MR) is 78.9 cm³/mol. The van der Waals surface area contributed by atoms with Gasteiger partial charge in [0.1, 0.15) is 5.75 Å². The Morgan fingerprint density at radius 2 is 1.42 bits per heavy atom.